The van der Waals surface area contributed by atoms with Gasteiger partial charge in [0.25, 0.3) is 5.56 Å². The molecule has 3 rings (SSSR count). The predicted octanol–water partition coefficient (Wildman–Crippen LogP) is 4.72. The van der Waals surface area contributed by atoms with Gasteiger partial charge in [-0.05, 0) is 87.3 Å². The Bertz CT molecular complexity index is 955. The molecule has 0 aliphatic rings. The van der Waals surface area contributed by atoms with E-state index in [4.69, 9.17) is 9.72 Å². The summed E-state index contributed by atoms with van der Waals surface area (Å²) in [5.74, 6) is 1.60. The van der Waals surface area contributed by atoms with Crippen LogP contribution in [0.2, 0.25) is 0 Å². The van der Waals surface area contributed by atoms with Gasteiger partial charge in [-0.15, -0.1) is 0 Å². The van der Waals surface area contributed by atoms with Gasteiger partial charge in [0.1, 0.15) is 5.75 Å². The van der Waals surface area contributed by atoms with Gasteiger partial charge in [0.15, 0.2) is 5.16 Å². The molecule has 0 N–H and O–H groups in total. The van der Waals surface area contributed by atoms with Crippen molar-refractivity contribution in [3.05, 3.63) is 53.9 Å². The van der Waals surface area contributed by atoms with Crippen LogP contribution in [0.25, 0.3) is 16.6 Å². The number of benzene rings is 2. The van der Waals surface area contributed by atoms with Crippen LogP contribution < -0.4 is 10.3 Å². The van der Waals surface area contributed by atoms with Crippen molar-refractivity contribution in [3.8, 4) is 11.4 Å². The molecule has 0 saturated carbocycles. The van der Waals surface area contributed by atoms with Gasteiger partial charge in [-0.2, -0.15) is 0 Å². The fourth-order valence-corrected chi connectivity index (χ4v) is 5.08. The average Bonchev–Trinajstić information content (AvgIpc) is 2.57. The van der Waals surface area contributed by atoms with Gasteiger partial charge in [-0.3, -0.25) is 9.36 Å². The van der Waals surface area contributed by atoms with E-state index in [0.29, 0.717) is 10.5 Å². The number of hydrogen-bond acceptors (Lipinski definition) is 4. The zero-order valence-electron chi connectivity index (χ0n) is 13.0. The number of rotatable bonds is 4. The van der Waals surface area contributed by atoms with Crippen LogP contribution in [0.5, 0.6) is 5.75 Å². The molecule has 0 unspecified atom stereocenters. The quantitative estimate of drug-likeness (QED) is 0.262. The Morgan fingerprint density at radius 3 is 2.54 bits per heavy atom. The van der Waals surface area contributed by atoms with Crippen LogP contribution in [0.1, 0.15) is 6.92 Å². The molecular weight excluding hydrogens is 550 g/mol. The minimum atomic E-state index is -0.0439. The van der Waals surface area contributed by atoms with Crippen LogP contribution in [-0.2, 0) is 0 Å². The second-order valence-corrected chi connectivity index (χ2v) is 8.59. The van der Waals surface area contributed by atoms with Crippen molar-refractivity contribution in [1.82, 2.24) is 9.55 Å². The molecule has 4 nitrogen and oxygen atoms in total. The van der Waals surface area contributed by atoms with Crippen molar-refractivity contribution in [1.29, 1.82) is 0 Å². The first-order valence-electron chi connectivity index (χ1n) is 7.24. The van der Waals surface area contributed by atoms with Crippen LogP contribution in [0.15, 0.2) is 46.3 Å². The number of aromatic nitrogens is 2. The molecule has 0 radical (unpaired) electrons. The predicted molar refractivity (Wildman–Crippen MR) is 116 cm³/mol. The van der Waals surface area contributed by atoms with Gasteiger partial charge >= 0.3 is 0 Å². The zero-order valence-corrected chi connectivity index (χ0v) is 18.2. The molecular formula is C17H14I2N2O2S. The number of ether oxygens (including phenoxy) is 1. The van der Waals surface area contributed by atoms with E-state index < -0.39 is 0 Å². The van der Waals surface area contributed by atoms with Crippen LogP contribution >= 0.6 is 56.9 Å². The van der Waals surface area contributed by atoms with Crippen LogP contribution in [-0.4, -0.2) is 22.4 Å². The van der Waals surface area contributed by atoms with Crippen molar-refractivity contribution in [2.45, 2.75) is 12.1 Å². The molecule has 0 aliphatic carbocycles. The summed E-state index contributed by atoms with van der Waals surface area (Å²) in [6, 6.07) is 11.4. The third kappa shape index (κ3) is 3.43. The molecule has 0 atom stereocenters. The standard InChI is InChI=1S/C17H14I2N2O2S/c1-3-24-17-20-15-13(8-10(18)9-14(15)19)16(22)21(17)11-4-6-12(23-2)7-5-11/h4-9H,3H2,1-2H3. The van der Waals surface area contributed by atoms with Gasteiger partial charge in [0, 0.05) is 7.14 Å². The third-order valence-corrected chi connectivity index (χ3v) is 5.73. The van der Waals surface area contributed by atoms with E-state index in [0.717, 1.165) is 29.8 Å². The summed E-state index contributed by atoms with van der Waals surface area (Å²) in [4.78, 5) is 17.9. The maximum absolute atomic E-state index is 13.2. The largest absolute Gasteiger partial charge is 0.497 e. The van der Waals surface area contributed by atoms with E-state index in [1.54, 1.807) is 23.4 Å². The first-order valence-corrected chi connectivity index (χ1v) is 10.4. The van der Waals surface area contributed by atoms with Crippen LogP contribution in [0, 0.1) is 7.14 Å². The molecule has 2 aromatic carbocycles. The normalized spacial score (nSPS) is 11.0. The summed E-state index contributed by atoms with van der Waals surface area (Å²) < 4.78 is 8.91. The SMILES string of the molecule is CCSc1nc2c(I)cc(I)cc2c(=O)n1-c1ccc(OC)cc1. The lowest BCUT2D eigenvalue weighted by atomic mass is 10.2. The molecule has 3 aromatic rings. The molecule has 0 saturated heterocycles. The van der Waals surface area contributed by atoms with E-state index in [1.165, 1.54) is 0 Å². The number of hydrogen-bond donors (Lipinski definition) is 0. The Balaban J connectivity index is 2.33. The fourth-order valence-electron chi connectivity index (χ4n) is 2.38. The summed E-state index contributed by atoms with van der Waals surface area (Å²) in [5.41, 5.74) is 1.51. The second-order valence-electron chi connectivity index (χ2n) is 4.95. The van der Waals surface area contributed by atoms with Crippen molar-refractivity contribution < 1.29 is 4.74 Å². The molecule has 1 aromatic heterocycles. The summed E-state index contributed by atoms with van der Waals surface area (Å²) in [6.45, 7) is 2.05. The second kappa shape index (κ2) is 7.61. The molecule has 0 fully saturated rings. The lowest BCUT2D eigenvalue weighted by Gasteiger charge is -2.14. The van der Waals surface area contributed by atoms with Gasteiger partial charge in [-0.25, -0.2) is 4.98 Å². The molecule has 0 aliphatic heterocycles. The minimum Gasteiger partial charge on any atom is -0.497 e. The van der Waals surface area contributed by atoms with E-state index in [2.05, 4.69) is 52.1 Å². The summed E-state index contributed by atoms with van der Waals surface area (Å²) in [6.07, 6.45) is 0. The van der Waals surface area contributed by atoms with Crippen molar-refractivity contribution in [2.24, 2.45) is 0 Å². The van der Waals surface area contributed by atoms with Crippen LogP contribution in [0.3, 0.4) is 0 Å². The molecule has 1 heterocycles. The number of thioether (sulfide) groups is 1. The van der Waals surface area contributed by atoms with E-state index in [-0.39, 0.29) is 5.56 Å². The smallest absolute Gasteiger partial charge is 0.266 e. The number of fused-ring (bicyclic) bond motifs is 1. The first-order chi connectivity index (χ1) is 11.5. The first kappa shape index (κ1) is 18.0. The van der Waals surface area contributed by atoms with Gasteiger partial charge in [0.2, 0.25) is 0 Å². The van der Waals surface area contributed by atoms with Crippen molar-refractivity contribution in [2.75, 3.05) is 12.9 Å². The Morgan fingerprint density at radius 2 is 1.92 bits per heavy atom. The molecule has 0 bridgehead atoms. The lowest BCUT2D eigenvalue weighted by molar-refractivity contribution is 0.414. The average molecular weight is 564 g/mol. The van der Waals surface area contributed by atoms with Gasteiger partial charge in [-0.1, -0.05) is 18.7 Å². The maximum atomic E-state index is 13.2. The molecule has 24 heavy (non-hydrogen) atoms. The highest BCUT2D eigenvalue weighted by atomic mass is 127. The fraction of sp³-hybridized carbons (Fsp3) is 0.176. The topological polar surface area (TPSA) is 44.1 Å². The molecule has 0 amide bonds. The summed E-state index contributed by atoms with van der Waals surface area (Å²) in [7, 11) is 1.63. The Kier molecular flexibility index (Phi) is 5.70. The Labute approximate surface area is 171 Å². The maximum Gasteiger partial charge on any atom is 0.266 e. The van der Waals surface area contributed by atoms with E-state index >= 15 is 0 Å². The van der Waals surface area contributed by atoms with Gasteiger partial charge < -0.3 is 4.74 Å². The molecule has 7 heteroatoms. The summed E-state index contributed by atoms with van der Waals surface area (Å²) in [5, 5.41) is 1.35. The van der Waals surface area contributed by atoms with Crippen molar-refractivity contribution in [3.63, 3.8) is 0 Å². The molecule has 124 valence electrons. The number of halogens is 2. The highest BCUT2D eigenvalue weighted by Crippen LogP contribution is 2.26. The highest BCUT2D eigenvalue weighted by Gasteiger charge is 2.15. The Hall–Kier alpha value is -0.810. The molecule has 0 spiro atoms. The highest BCUT2D eigenvalue weighted by molar-refractivity contribution is 14.1. The number of methoxy groups -OCH3 is 1. The van der Waals surface area contributed by atoms with Crippen LogP contribution in [0.4, 0.5) is 0 Å². The lowest BCUT2D eigenvalue weighted by Crippen LogP contribution is -2.22. The summed E-state index contributed by atoms with van der Waals surface area (Å²) >= 11 is 6.03. The van der Waals surface area contributed by atoms with Crippen molar-refractivity contribution >= 4 is 67.8 Å². The van der Waals surface area contributed by atoms with E-state index in [9.17, 15) is 4.79 Å². The third-order valence-electron chi connectivity index (χ3n) is 3.46. The Morgan fingerprint density at radius 1 is 1.21 bits per heavy atom. The minimum absolute atomic E-state index is 0.0439. The zero-order chi connectivity index (χ0) is 17.3. The van der Waals surface area contributed by atoms with E-state index in [1.807, 2.05) is 36.4 Å². The number of nitrogens with zero attached hydrogens (tertiary/aromatic N) is 2. The van der Waals surface area contributed by atoms with Gasteiger partial charge in [0.05, 0.1) is 23.7 Å². The monoisotopic (exact) mass is 564 g/mol.